The van der Waals surface area contributed by atoms with E-state index in [1.807, 2.05) is 0 Å². The number of aliphatic carboxylic acids is 1. The molecule has 0 unspecified atom stereocenters. The van der Waals surface area contributed by atoms with Gasteiger partial charge in [0.05, 0.1) is 24.3 Å². The molecule has 1 aromatic rings. The zero-order chi connectivity index (χ0) is 15.3. The van der Waals surface area contributed by atoms with Crippen LogP contribution in [0.15, 0.2) is 18.5 Å². The Labute approximate surface area is 123 Å². The number of hydrogen-bond acceptors (Lipinski definition) is 4. The van der Waals surface area contributed by atoms with Crippen LogP contribution < -0.4 is 10.1 Å². The quantitative estimate of drug-likeness (QED) is 0.864. The number of nitrogens with one attached hydrogen (secondary N) is 1. The summed E-state index contributed by atoms with van der Waals surface area (Å²) < 4.78 is 5.09. The summed E-state index contributed by atoms with van der Waals surface area (Å²) in [5, 5.41) is 12.2. The summed E-state index contributed by atoms with van der Waals surface area (Å²) in [5.41, 5.74) is -0.474. The van der Waals surface area contributed by atoms with E-state index >= 15 is 0 Å². The van der Waals surface area contributed by atoms with Crippen LogP contribution in [0.5, 0.6) is 5.75 Å². The number of rotatable bonds is 5. The minimum absolute atomic E-state index is 0.145. The predicted molar refractivity (Wildman–Crippen MR) is 76.3 cm³/mol. The van der Waals surface area contributed by atoms with Crippen LogP contribution in [-0.2, 0) is 4.79 Å². The summed E-state index contributed by atoms with van der Waals surface area (Å²) in [7, 11) is 1.47. The molecule has 0 saturated heterocycles. The fraction of sp³-hybridized carbons (Fsp3) is 0.533. The maximum absolute atomic E-state index is 12.2. The molecule has 1 fully saturated rings. The van der Waals surface area contributed by atoms with Crippen LogP contribution in [0.3, 0.4) is 0 Å². The Morgan fingerprint density at radius 2 is 2.10 bits per heavy atom. The number of nitrogens with zero attached hydrogens (tertiary/aromatic N) is 1. The highest BCUT2D eigenvalue weighted by molar-refractivity contribution is 5.97. The van der Waals surface area contributed by atoms with Gasteiger partial charge in [-0.25, -0.2) is 0 Å². The van der Waals surface area contributed by atoms with Gasteiger partial charge in [0.2, 0.25) is 0 Å². The summed E-state index contributed by atoms with van der Waals surface area (Å²) in [4.78, 5) is 27.7. The zero-order valence-electron chi connectivity index (χ0n) is 12.1. The second kappa shape index (κ2) is 6.56. The number of pyridine rings is 1. The summed E-state index contributed by atoms with van der Waals surface area (Å²) in [6, 6.07) is 1.56. The number of amides is 1. The van der Waals surface area contributed by atoms with Crippen molar-refractivity contribution in [1.29, 1.82) is 0 Å². The van der Waals surface area contributed by atoms with Gasteiger partial charge in [-0.3, -0.25) is 14.6 Å². The van der Waals surface area contributed by atoms with Gasteiger partial charge in [0.1, 0.15) is 5.75 Å². The van der Waals surface area contributed by atoms with Gasteiger partial charge in [-0.05, 0) is 18.9 Å². The van der Waals surface area contributed by atoms with Crippen molar-refractivity contribution in [3.8, 4) is 5.75 Å². The number of aromatic nitrogens is 1. The lowest BCUT2D eigenvalue weighted by molar-refractivity contribution is -0.150. The molecule has 0 bridgehead atoms. The third kappa shape index (κ3) is 3.32. The van der Waals surface area contributed by atoms with Gasteiger partial charge < -0.3 is 15.2 Å². The Kier molecular flexibility index (Phi) is 4.77. The van der Waals surface area contributed by atoms with E-state index in [2.05, 4.69) is 10.3 Å². The maximum atomic E-state index is 12.2. The van der Waals surface area contributed by atoms with Crippen LogP contribution in [0.1, 0.15) is 42.5 Å². The molecular formula is C15H20N2O4. The topological polar surface area (TPSA) is 88.5 Å². The first-order chi connectivity index (χ1) is 10.1. The number of hydrogen-bond donors (Lipinski definition) is 2. The molecule has 1 heterocycles. The Morgan fingerprint density at radius 1 is 1.38 bits per heavy atom. The van der Waals surface area contributed by atoms with Crippen LogP contribution in [-0.4, -0.2) is 35.6 Å². The van der Waals surface area contributed by atoms with E-state index in [-0.39, 0.29) is 12.5 Å². The summed E-state index contributed by atoms with van der Waals surface area (Å²) >= 11 is 0. The van der Waals surface area contributed by atoms with Crippen LogP contribution in [0.4, 0.5) is 0 Å². The van der Waals surface area contributed by atoms with Crippen molar-refractivity contribution in [3.05, 3.63) is 24.0 Å². The molecule has 114 valence electrons. The average Bonchev–Trinajstić information content (AvgIpc) is 2.53. The van der Waals surface area contributed by atoms with Gasteiger partial charge >= 0.3 is 5.97 Å². The molecular weight excluding hydrogens is 272 g/mol. The maximum Gasteiger partial charge on any atom is 0.311 e. The van der Waals surface area contributed by atoms with Gasteiger partial charge in [0.15, 0.2) is 0 Å². The Balaban J connectivity index is 2.07. The molecule has 6 heteroatoms. The molecule has 1 saturated carbocycles. The third-order valence-corrected chi connectivity index (χ3v) is 4.10. The summed E-state index contributed by atoms with van der Waals surface area (Å²) in [6.45, 7) is 0.145. The minimum atomic E-state index is -0.839. The highest BCUT2D eigenvalue weighted by Crippen LogP contribution is 2.36. The fourth-order valence-electron chi connectivity index (χ4n) is 2.77. The van der Waals surface area contributed by atoms with Gasteiger partial charge in [0.25, 0.3) is 5.91 Å². The van der Waals surface area contributed by atoms with Crippen molar-refractivity contribution in [2.24, 2.45) is 5.41 Å². The van der Waals surface area contributed by atoms with Crippen molar-refractivity contribution in [2.45, 2.75) is 32.1 Å². The monoisotopic (exact) mass is 292 g/mol. The number of ether oxygens (including phenoxy) is 1. The lowest BCUT2D eigenvalue weighted by Gasteiger charge is -2.33. The third-order valence-electron chi connectivity index (χ3n) is 4.10. The van der Waals surface area contributed by atoms with E-state index in [1.165, 1.54) is 19.5 Å². The first-order valence-corrected chi connectivity index (χ1v) is 7.09. The van der Waals surface area contributed by atoms with Gasteiger partial charge in [-0.1, -0.05) is 19.3 Å². The van der Waals surface area contributed by atoms with Gasteiger partial charge in [0, 0.05) is 12.7 Å². The number of carbonyl (C=O) groups is 2. The van der Waals surface area contributed by atoms with Crippen molar-refractivity contribution >= 4 is 11.9 Å². The van der Waals surface area contributed by atoms with Crippen molar-refractivity contribution < 1.29 is 19.4 Å². The number of methoxy groups -OCH3 is 1. The summed E-state index contributed by atoms with van der Waals surface area (Å²) in [6.07, 6.45) is 7.02. The van der Waals surface area contributed by atoms with Crippen molar-refractivity contribution in [3.63, 3.8) is 0 Å². The molecule has 2 N–H and O–H groups in total. The lowest BCUT2D eigenvalue weighted by atomic mass is 9.74. The van der Waals surface area contributed by atoms with Gasteiger partial charge in [-0.2, -0.15) is 0 Å². The molecule has 0 spiro atoms. The predicted octanol–water partition coefficient (Wildman–Crippen LogP) is 1.86. The lowest BCUT2D eigenvalue weighted by Crippen LogP contribution is -2.44. The Bertz CT molecular complexity index is 524. The summed E-state index contributed by atoms with van der Waals surface area (Å²) in [5.74, 6) is -0.785. The number of carboxylic acid groups (broad SMARTS) is 1. The Hall–Kier alpha value is -2.11. The first kappa shape index (κ1) is 15.3. The van der Waals surface area contributed by atoms with E-state index in [1.54, 1.807) is 6.07 Å². The van der Waals surface area contributed by atoms with E-state index in [4.69, 9.17) is 4.74 Å². The molecule has 6 nitrogen and oxygen atoms in total. The first-order valence-electron chi connectivity index (χ1n) is 7.09. The smallest absolute Gasteiger partial charge is 0.311 e. The van der Waals surface area contributed by atoms with E-state index in [9.17, 15) is 14.7 Å². The molecule has 2 rings (SSSR count). The van der Waals surface area contributed by atoms with Crippen LogP contribution in [0.2, 0.25) is 0 Å². The molecule has 1 aliphatic carbocycles. The Morgan fingerprint density at radius 3 is 2.71 bits per heavy atom. The van der Waals surface area contributed by atoms with Crippen LogP contribution in [0, 0.1) is 5.41 Å². The highest BCUT2D eigenvalue weighted by atomic mass is 16.5. The zero-order valence-corrected chi connectivity index (χ0v) is 12.1. The number of carbonyl (C=O) groups excluding carboxylic acids is 1. The molecule has 1 aromatic heterocycles. The molecule has 0 atom stereocenters. The molecule has 21 heavy (non-hydrogen) atoms. The molecule has 0 aliphatic heterocycles. The largest absolute Gasteiger partial charge is 0.494 e. The SMILES string of the molecule is COc1cnccc1C(=O)NCC1(C(=O)O)CCCCC1. The minimum Gasteiger partial charge on any atom is -0.494 e. The number of carboxylic acids is 1. The van der Waals surface area contributed by atoms with E-state index < -0.39 is 11.4 Å². The average molecular weight is 292 g/mol. The molecule has 1 amide bonds. The van der Waals surface area contributed by atoms with Gasteiger partial charge in [-0.15, -0.1) is 0 Å². The van der Waals surface area contributed by atoms with Crippen LogP contribution >= 0.6 is 0 Å². The molecule has 0 aromatic carbocycles. The normalized spacial score (nSPS) is 17.0. The van der Waals surface area contributed by atoms with E-state index in [0.717, 1.165) is 19.3 Å². The standard InChI is InChI=1S/C15H20N2O4/c1-21-12-9-16-8-5-11(12)13(18)17-10-15(14(19)20)6-3-2-4-7-15/h5,8-9H,2-4,6-7,10H2,1H3,(H,17,18)(H,19,20). The second-order valence-electron chi connectivity index (χ2n) is 5.40. The van der Waals surface area contributed by atoms with Crippen LogP contribution in [0.25, 0.3) is 0 Å². The molecule has 1 aliphatic rings. The fourth-order valence-corrected chi connectivity index (χ4v) is 2.77. The van der Waals surface area contributed by atoms with Crippen molar-refractivity contribution in [1.82, 2.24) is 10.3 Å². The second-order valence-corrected chi connectivity index (χ2v) is 5.40. The highest BCUT2D eigenvalue weighted by Gasteiger charge is 2.39. The molecule has 0 radical (unpaired) electrons. The van der Waals surface area contributed by atoms with E-state index in [0.29, 0.717) is 24.2 Å². The van der Waals surface area contributed by atoms with Crippen molar-refractivity contribution in [2.75, 3.05) is 13.7 Å².